The number of Topliss-reactive ketones (excluding diaryl/α,β-unsaturated/α-hetero) is 1. The van der Waals surface area contributed by atoms with Crippen molar-refractivity contribution >= 4 is 39.0 Å². The van der Waals surface area contributed by atoms with Crippen molar-refractivity contribution in [3.63, 3.8) is 0 Å². The predicted molar refractivity (Wildman–Crippen MR) is 68.7 cm³/mol. The third-order valence-corrected chi connectivity index (χ3v) is 3.83. The van der Waals surface area contributed by atoms with E-state index < -0.39 is 0 Å². The molecule has 0 N–H and O–H groups in total. The average Bonchev–Trinajstić information content (AvgIpc) is 2.59. The number of likely N-dealkylation sites (N-methyl/N-ethyl adjacent to an activating group) is 1. The lowest BCUT2D eigenvalue weighted by molar-refractivity contribution is -0.133. The number of nitrogens with zero attached hydrogens (tertiary/aromatic N) is 1. The Hall–Kier alpha value is -0.680. The maximum Gasteiger partial charge on any atom is 0.229 e. The van der Waals surface area contributed by atoms with Gasteiger partial charge in [0.05, 0.1) is 10.2 Å². The molecule has 1 aromatic rings. The van der Waals surface area contributed by atoms with E-state index in [0.717, 1.165) is 10.2 Å². The number of carbonyl (C=O) groups excluding carboxylic acids is 2. The Labute approximate surface area is 108 Å². The highest BCUT2D eigenvalue weighted by atomic mass is 79.9. The third-order valence-electron chi connectivity index (χ3n) is 2.15. The highest BCUT2D eigenvalue weighted by molar-refractivity contribution is 9.11. The molecular formula is C11H14BrNO2S. The van der Waals surface area contributed by atoms with Gasteiger partial charge in [-0.15, -0.1) is 11.3 Å². The van der Waals surface area contributed by atoms with Gasteiger partial charge in [-0.1, -0.05) is 0 Å². The first kappa shape index (κ1) is 13.4. The van der Waals surface area contributed by atoms with Crippen molar-refractivity contribution in [3.8, 4) is 0 Å². The first-order chi connectivity index (χ1) is 7.49. The van der Waals surface area contributed by atoms with E-state index in [1.165, 1.54) is 11.8 Å². The Kier molecular flexibility index (Phi) is 5.15. The van der Waals surface area contributed by atoms with Crippen LogP contribution in [-0.4, -0.2) is 30.2 Å². The number of amides is 1. The number of ketones is 1. The van der Waals surface area contributed by atoms with Crippen LogP contribution in [0.4, 0.5) is 0 Å². The molecule has 1 rings (SSSR count). The Morgan fingerprint density at radius 1 is 1.44 bits per heavy atom. The monoisotopic (exact) mass is 303 g/mol. The van der Waals surface area contributed by atoms with Gasteiger partial charge in [-0.3, -0.25) is 9.59 Å². The molecule has 0 aliphatic heterocycles. The van der Waals surface area contributed by atoms with E-state index >= 15 is 0 Å². The van der Waals surface area contributed by atoms with Crippen molar-refractivity contribution in [2.24, 2.45) is 0 Å². The van der Waals surface area contributed by atoms with Crippen molar-refractivity contribution in [1.29, 1.82) is 0 Å². The van der Waals surface area contributed by atoms with E-state index in [1.54, 1.807) is 23.3 Å². The van der Waals surface area contributed by atoms with Crippen LogP contribution >= 0.6 is 27.3 Å². The molecule has 88 valence electrons. The molecule has 3 nitrogen and oxygen atoms in total. The summed E-state index contributed by atoms with van der Waals surface area (Å²) in [7, 11) is 1.73. The molecule has 0 spiro atoms. The summed E-state index contributed by atoms with van der Waals surface area (Å²) in [5.41, 5.74) is 0. The summed E-state index contributed by atoms with van der Waals surface area (Å²) in [4.78, 5) is 25.1. The fourth-order valence-electron chi connectivity index (χ4n) is 1.24. The molecule has 1 heterocycles. The minimum atomic E-state index is -0.108. The highest BCUT2D eigenvalue weighted by Crippen LogP contribution is 2.22. The SMILES string of the molecule is CC(=O)CC(=O)N(C)CCc1ccc(Br)s1. The fourth-order valence-corrected chi connectivity index (χ4v) is 2.71. The first-order valence-corrected chi connectivity index (χ1v) is 6.57. The van der Waals surface area contributed by atoms with Crippen LogP contribution in [0.15, 0.2) is 15.9 Å². The molecule has 1 amide bonds. The van der Waals surface area contributed by atoms with Crippen LogP contribution in [0.25, 0.3) is 0 Å². The highest BCUT2D eigenvalue weighted by Gasteiger charge is 2.11. The van der Waals surface area contributed by atoms with Crippen LogP contribution in [0.3, 0.4) is 0 Å². The van der Waals surface area contributed by atoms with Gasteiger partial charge >= 0.3 is 0 Å². The largest absolute Gasteiger partial charge is 0.345 e. The fraction of sp³-hybridized carbons (Fsp3) is 0.455. The molecule has 0 saturated carbocycles. The van der Waals surface area contributed by atoms with Crippen LogP contribution in [-0.2, 0) is 16.0 Å². The van der Waals surface area contributed by atoms with Crippen LogP contribution in [0.2, 0.25) is 0 Å². The summed E-state index contributed by atoms with van der Waals surface area (Å²) in [6.07, 6.45) is 0.834. The van der Waals surface area contributed by atoms with Crippen molar-refractivity contribution in [2.45, 2.75) is 19.8 Å². The Morgan fingerprint density at radius 3 is 2.62 bits per heavy atom. The summed E-state index contributed by atoms with van der Waals surface area (Å²) in [5.74, 6) is -0.196. The molecule has 0 fully saturated rings. The average molecular weight is 304 g/mol. The number of thiophene rings is 1. The lowest BCUT2D eigenvalue weighted by Crippen LogP contribution is -2.29. The standard InChI is InChI=1S/C11H14BrNO2S/c1-8(14)7-11(15)13(2)6-5-9-3-4-10(12)16-9/h3-4H,5-7H2,1-2H3. The topological polar surface area (TPSA) is 37.4 Å². The normalized spacial score (nSPS) is 10.2. The van der Waals surface area contributed by atoms with Crippen molar-refractivity contribution in [3.05, 3.63) is 20.8 Å². The van der Waals surface area contributed by atoms with Crippen LogP contribution in [0, 0.1) is 0 Å². The van der Waals surface area contributed by atoms with Crippen molar-refractivity contribution in [1.82, 2.24) is 4.90 Å². The molecule has 0 bridgehead atoms. The van der Waals surface area contributed by atoms with Crippen molar-refractivity contribution in [2.75, 3.05) is 13.6 Å². The van der Waals surface area contributed by atoms with Crippen molar-refractivity contribution < 1.29 is 9.59 Å². The second-order valence-electron chi connectivity index (χ2n) is 3.65. The quantitative estimate of drug-likeness (QED) is 0.784. The Balaban J connectivity index is 2.37. The maximum absolute atomic E-state index is 11.5. The summed E-state index contributed by atoms with van der Waals surface area (Å²) in [5, 5.41) is 0. The Morgan fingerprint density at radius 2 is 2.12 bits per heavy atom. The lowest BCUT2D eigenvalue weighted by atomic mass is 10.2. The van der Waals surface area contributed by atoms with E-state index in [2.05, 4.69) is 15.9 Å². The van der Waals surface area contributed by atoms with Gasteiger partial charge in [0.25, 0.3) is 0 Å². The van der Waals surface area contributed by atoms with E-state index in [4.69, 9.17) is 0 Å². The van der Waals surface area contributed by atoms with Gasteiger partial charge in [0.15, 0.2) is 0 Å². The van der Waals surface area contributed by atoms with Crippen LogP contribution in [0.1, 0.15) is 18.2 Å². The predicted octanol–water partition coefficient (Wildman–Crippen LogP) is 2.49. The number of hydrogen-bond donors (Lipinski definition) is 0. The second kappa shape index (κ2) is 6.15. The molecule has 0 radical (unpaired) electrons. The number of carbonyl (C=O) groups is 2. The van der Waals surface area contributed by atoms with Gasteiger partial charge in [-0.25, -0.2) is 0 Å². The third kappa shape index (κ3) is 4.45. The molecule has 1 aromatic heterocycles. The van der Waals surface area contributed by atoms with Gasteiger partial charge in [-0.05, 0) is 41.4 Å². The molecule has 0 atom stereocenters. The zero-order valence-electron chi connectivity index (χ0n) is 9.33. The molecule has 16 heavy (non-hydrogen) atoms. The summed E-state index contributed by atoms with van der Waals surface area (Å²) >= 11 is 5.06. The molecule has 0 aliphatic carbocycles. The van der Waals surface area contributed by atoms with E-state index in [0.29, 0.717) is 6.54 Å². The summed E-state index contributed by atoms with van der Waals surface area (Å²) in [6, 6.07) is 4.04. The minimum absolute atomic E-state index is 0.00460. The minimum Gasteiger partial charge on any atom is -0.345 e. The van der Waals surface area contributed by atoms with E-state index in [-0.39, 0.29) is 18.1 Å². The molecule has 0 saturated heterocycles. The van der Waals surface area contributed by atoms with Crippen LogP contribution < -0.4 is 0 Å². The first-order valence-electron chi connectivity index (χ1n) is 4.96. The summed E-state index contributed by atoms with van der Waals surface area (Å²) in [6.45, 7) is 2.08. The van der Waals surface area contributed by atoms with Gasteiger partial charge in [-0.2, -0.15) is 0 Å². The van der Waals surface area contributed by atoms with Gasteiger partial charge in [0.1, 0.15) is 5.78 Å². The maximum atomic E-state index is 11.5. The second-order valence-corrected chi connectivity index (χ2v) is 6.20. The lowest BCUT2D eigenvalue weighted by Gasteiger charge is -2.15. The molecule has 0 aromatic carbocycles. The van der Waals surface area contributed by atoms with Gasteiger partial charge in [0, 0.05) is 18.5 Å². The number of hydrogen-bond acceptors (Lipinski definition) is 3. The van der Waals surface area contributed by atoms with E-state index in [9.17, 15) is 9.59 Å². The summed E-state index contributed by atoms with van der Waals surface area (Å²) < 4.78 is 1.10. The zero-order valence-corrected chi connectivity index (χ0v) is 11.7. The van der Waals surface area contributed by atoms with Crippen LogP contribution in [0.5, 0.6) is 0 Å². The molecule has 0 unspecified atom stereocenters. The molecular weight excluding hydrogens is 290 g/mol. The number of halogens is 1. The van der Waals surface area contributed by atoms with Gasteiger partial charge < -0.3 is 4.90 Å². The zero-order chi connectivity index (χ0) is 12.1. The van der Waals surface area contributed by atoms with Gasteiger partial charge in [0.2, 0.25) is 5.91 Å². The Bertz CT molecular complexity index is 389. The smallest absolute Gasteiger partial charge is 0.229 e. The molecule has 5 heteroatoms. The van der Waals surface area contributed by atoms with E-state index in [1.807, 2.05) is 12.1 Å². The number of rotatable bonds is 5. The molecule has 0 aliphatic rings.